The lowest BCUT2D eigenvalue weighted by Crippen LogP contribution is -2.50. The molecule has 2 aromatic carbocycles. The molecule has 0 heterocycles. The smallest absolute Gasteiger partial charge is 0.435 e. The zero-order chi connectivity index (χ0) is 21.5. The van der Waals surface area contributed by atoms with Crippen LogP contribution in [-0.4, -0.2) is 25.4 Å². The highest BCUT2D eigenvalue weighted by Crippen LogP contribution is 2.55. The molecule has 0 bridgehead atoms. The van der Waals surface area contributed by atoms with E-state index in [0.717, 1.165) is 31.4 Å². The largest absolute Gasteiger partial charge is 0.465 e. The van der Waals surface area contributed by atoms with Gasteiger partial charge in [0.25, 0.3) is 0 Å². The molecule has 0 aliphatic rings. The fraction of sp³-hybridized carbons (Fsp3) is 0.316. The fourth-order valence-corrected chi connectivity index (χ4v) is 2.89. The van der Waals surface area contributed by atoms with Crippen molar-refractivity contribution < 1.29 is 40.3 Å². The van der Waals surface area contributed by atoms with Crippen LogP contribution in [0.1, 0.15) is 27.0 Å². The molecule has 2 nitrogen and oxygen atoms in total. The number of benzene rings is 2. The molecule has 0 saturated carbocycles. The average molecular weight is 407 g/mol. The Kier molecular flexibility index (Phi) is 5.51. The Morgan fingerprint density at radius 3 is 1.86 bits per heavy atom. The van der Waals surface area contributed by atoms with E-state index in [4.69, 9.17) is 0 Å². The average Bonchev–Trinajstić information content (AvgIpc) is 2.58. The van der Waals surface area contributed by atoms with Gasteiger partial charge in [-0.1, -0.05) is 18.2 Å². The number of esters is 1. The summed E-state index contributed by atoms with van der Waals surface area (Å²) in [4.78, 5) is 11.5. The van der Waals surface area contributed by atoms with Crippen LogP contribution in [0.2, 0.25) is 0 Å². The molecule has 0 unspecified atom stereocenters. The van der Waals surface area contributed by atoms with Gasteiger partial charge in [-0.25, -0.2) is 9.18 Å². The summed E-state index contributed by atoms with van der Waals surface area (Å²) in [6, 6.07) is 7.65. The first kappa shape index (κ1) is 21.7. The van der Waals surface area contributed by atoms with E-state index in [0.29, 0.717) is 6.07 Å². The normalized spacial score (nSPS) is 12.8. The van der Waals surface area contributed by atoms with Crippen LogP contribution in [0.3, 0.4) is 0 Å². The quantitative estimate of drug-likeness (QED) is 0.472. The maximum atomic E-state index is 14.8. The predicted octanol–water partition coefficient (Wildman–Crippen LogP) is 5.85. The van der Waals surface area contributed by atoms with Gasteiger partial charge in [0.05, 0.1) is 12.7 Å². The molecule has 28 heavy (non-hydrogen) atoms. The number of methoxy groups -OCH3 is 1. The van der Waals surface area contributed by atoms with E-state index >= 15 is 0 Å². The van der Waals surface area contributed by atoms with Gasteiger partial charge in [0.15, 0.2) is 0 Å². The van der Waals surface area contributed by atoms with E-state index in [-0.39, 0.29) is 22.3 Å². The van der Waals surface area contributed by atoms with Gasteiger partial charge in [-0.15, -0.1) is 0 Å². The van der Waals surface area contributed by atoms with Crippen molar-refractivity contribution in [3.05, 3.63) is 58.7 Å². The van der Waals surface area contributed by atoms with Gasteiger partial charge in [-0.3, -0.25) is 0 Å². The van der Waals surface area contributed by atoms with Gasteiger partial charge in [-0.05, 0) is 54.3 Å². The lowest BCUT2D eigenvalue weighted by Gasteiger charge is -2.32. The zero-order valence-electron chi connectivity index (χ0n) is 14.8. The van der Waals surface area contributed by atoms with E-state index in [1.165, 1.54) is 13.8 Å². The minimum absolute atomic E-state index is 0.0275. The molecule has 2 aromatic rings. The summed E-state index contributed by atoms with van der Waals surface area (Å²) in [6.07, 6.45) is -12.5. The first-order chi connectivity index (χ1) is 12.7. The van der Waals surface area contributed by atoms with E-state index in [1.807, 2.05) is 0 Å². The molecule has 0 N–H and O–H groups in total. The lowest BCUT2D eigenvalue weighted by atomic mass is 9.83. The number of hydrogen-bond acceptors (Lipinski definition) is 2. The van der Waals surface area contributed by atoms with Gasteiger partial charge in [-0.2, -0.15) is 26.3 Å². The third kappa shape index (κ3) is 3.57. The summed E-state index contributed by atoms with van der Waals surface area (Å²) < 4.78 is 99.0. The SMILES string of the molecule is COC(=O)c1ccc(-c2c(C)[c]c(C)cc2C(F)(C(F)(F)F)C(F)(F)F)cc1. The Morgan fingerprint density at radius 2 is 1.43 bits per heavy atom. The van der Waals surface area contributed by atoms with Crippen molar-refractivity contribution in [3.63, 3.8) is 0 Å². The Balaban J connectivity index is 2.82. The fourth-order valence-electron chi connectivity index (χ4n) is 2.89. The van der Waals surface area contributed by atoms with Crippen molar-refractivity contribution in [2.75, 3.05) is 7.11 Å². The van der Waals surface area contributed by atoms with Crippen LogP contribution in [0.4, 0.5) is 30.7 Å². The number of alkyl halides is 7. The van der Waals surface area contributed by atoms with Crippen molar-refractivity contribution in [2.24, 2.45) is 0 Å². The molecular weight excluding hydrogens is 393 g/mol. The van der Waals surface area contributed by atoms with Crippen molar-refractivity contribution in [1.82, 2.24) is 0 Å². The molecule has 0 aliphatic heterocycles. The van der Waals surface area contributed by atoms with E-state index in [1.54, 1.807) is 0 Å². The van der Waals surface area contributed by atoms with Crippen LogP contribution >= 0.6 is 0 Å². The Bertz CT molecular complexity index is 867. The number of carbonyl (C=O) groups excluding carboxylic acids is 1. The molecule has 9 heteroatoms. The number of halogens is 7. The Labute approximate surface area is 155 Å². The summed E-state index contributed by atoms with van der Waals surface area (Å²) in [5, 5.41) is 0. The van der Waals surface area contributed by atoms with Crippen LogP contribution in [0.15, 0.2) is 30.3 Å². The molecule has 0 aliphatic carbocycles. The van der Waals surface area contributed by atoms with Crippen molar-refractivity contribution in [3.8, 4) is 11.1 Å². The van der Waals surface area contributed by atoms with Crippen LogP contribution in [-0.2, 0) is 10.4 Å². The monoisotopic (exact) mass is 407 g/mol. The third-order valence-corrected chi connectivity index (χ3v) is 4.14. The second-order valence-electron chi connectivity index (χ2n) is 6.09. The molecule has 0 aromatic heterocycles. The number of hydrogen-bond donors (Lipinski definition) is 0. The molecule has 0 spiro atoms. The van der Waals surface area contributed by atoms with E-state index < -0.39 is 35.1 Å². The number of rotatable bonds is 3. The Morgan fingerprint density at radius 1 is 0.929 bits per heavy atom. The highest BCUT2D eigenvalue weighted by Gasteiger charge is 2.74. The molecule has 1 radical (unpaired) electrons. The van der Waals surface area contributed by atoms with E-state index in [9.17, 15) is 35.5 Å². The van der Waals surface area contributed by atoms with Gasteiger partial charge >= 0.3 is 24.0 Å². The minimum atomic E-state index is -6.24. The van der Waals surface area contributed by atoms with Gasteiger partial charge in [0.1, 0.15) is 0 Å². The summed E-state index contributed by atoms with van der Waals surface area (Å²) in [5.74, 6) is -0.746. The van der Waals surface area contributed by atoms with Gasteiger partial charge < -0.3 is 4.74 Å². The molecule has 2 rings (SSSR count). The summed E-state index contributed by atoms with van der Waals surface area (Å²) in [5.41, 5.74) is -8.05. The van der Waals surface area contributed by atoms with Crippen molar-refractivity contribution in [1.29, 1.82) is 0 Å². The molecule has 0 saturated heterocycles. The van der Waals surface area contributed by atoms with Crippen LogP contribution in [0.5, 0.6) is 0 Å². The predicted molar refractivity (Wildman–Crippen MR) is 86.4 cm³/mol. The molecular formula is C19H14F7O2. The van der Waals surface area contributed by atoms with Gasteiger partial charge in [0.2, 0.25) is 0 Å². The molecule has 151 valence electrons. The van der Waals surface area contributed by atoms with Crippen molar-refractivity contribution in [2.45, 2.75) is 31.9 Å². The van der Waals surface area contributed by atoms with Crippen LogP contribution in [0.25, 0.3) is 11.1 Å². The number of carbonyl (C=O) groups is 1. The molecule has 0 amide bonds. The molecule has 0 fully saturated rings. The number of ether oxygens (including phenoxy) is 1. The zero-order valence-corrected chi connectivity index (χ0v) is 14.8. The van der Waals surface area contributed by atoms with Crippen LogP contribution < -0.4 is 0 Å². The lowest BCUT2D eigenvalue weighted by molar-refractivity contribution is -0.348. The first-order valence-electron chi connectivity index (χ1n) is 7.79. The van der Waals surface area contributed by atoms with Crippen molar-refractivity contribution >= 4 is 5.97 Å². The minimum Gasteiger partial charge on any atom is -0.465 e. The highest BCUT2D eigenvalue weighted by molar-refractivity contribution is 5.90. The maximum absolute atomic E-state index is 14.8. The Hall–Kier alpha value is -2.58. The maximum Gasteiger partial charge on any atom is 0.435 e. The van der Waals surface area contributed by atoms with E-state index in [2.05, 4.69) is 10.8 Å². The molecule has 0 atom stereocenters. The summed E-state index contributed by atoms with van der Waals surface area (Å²) >= 11 is 0. The summed E-state index contributed by atoms with van der Waals surface area (Å²) in [7, 11) is 1.11. The summed E-state index contributed by atoms with van der Waals surface area (Å²) in [6.45, 7) is 2.45. The second kappa shape index (κ2) is 7.10. The second-order valence-corrected chi connectivity index (χ2v) is 6.09. The standard InChI is InChI=1S/C19H14F7O2/c1-10-8-11(2)15(12-4-6-13(7-5-12)16(27)28-3)14(9-10)17(20,18(21,22)23)19(24,25)26/h4-7,9H,1-3H3. The highest BCUT2D eigenvalue weighted by atomic mass is 19.4. The number of aryl methyl sites for hydroxylation is 2. The third-order valence-electron chi connectivity index (χ3n) is 4.14. The van der Waals surface area contributed by atoms with Crippen LogP contribution in [0, 0.1) is 19.9 Å². The first-order valence-corrected chi connectivity index (χ1v) is 7.79. The van der Waals surface area contributed by atoms with Gasteiger partial charge in [0, 0.05) is 5.56 Å². The topological polar surface area (TPSA) is 26.3 Å².